The smallest absolute Gasteiger partial charge is 0.125 e. The van der Waals surface area contributed by atoms with E-state index in [1.54, 1.807) is 0 Å². The lowest BCUT2D eigenvalue weighted by Gasteiger charge is -2.38. The Balaban J connectivity index is 1.56. The van der Waals surface area contributed by atoms with Crippen molar-refractivity contribution < 1.29 is 9.47 Å². The van der Waals surface area contributed by atoms with Crippen LogP contribution in [0.2, 0.25) is 0 Å². The Kier molecular flexibility index (Phi) is 3.76. The molecule has 2 heterocycles. The molecule has 0 radical (unpaired) electrons. The Bertz CT molecular complexity index is 398. The summed E-state index contributed by atoms with van der Waals surface area (Å²) in [5.74, 6) is 0.958. The molecule has 2 fully saturated rings. The van der Waals surface area contributed by atoms with Crippen molar-refractivity contribution in [3.63, 3.8) is 0 Å². The van der Waals surface area contributed by atoms with Crippen LogP contribution in [0.25, 0.3) is 0 Å². The largest absolute Gasteiger partial charge is 0.488 e. The lowest BCUT2D eigenvalue weighted by Crippen LogP contribution is -2.44. The van der Waals surface area contributed by atoms with Crippen molar-refractivity contribution in [1.29, 1.82) is 0 Å². The lowest BCUT2D eigenvalue weighted by atomic mass is 9.88. The zero-order chi connectivity index (χ0) is 13.1. The van der Waals surface area contributed by atoms with Gasteiger partial charge < -0.3 is 14.4 Å². The van der Waals surface area contributed by atoms with Crippen LogP contribution < -0.4 is 4.74 Å². The van der Waals surface area contributed by atoms with E-state index >= 15 is 0 Å². The Morgan fingerprint density at radius 3 is 2.68 bits per heavy atom. The van der Waals surface area contributed by atoms with Gasteiger partial charge in [-0.3, -0.25) is 0 Å². The van der Waals surface area contributed by atoms with Gasteiger partial charge in [0.15, 0.2) is 0 Å². The van der Waals surface area contributed by atoms with Crippen molar-refractivity contribution in [2.45, 2.75) is 37.9 Å². The monoisotopic (exact) mass is 261 g/mol. The van der Waals surface area contributed by atoms with Gasteiger partial charge in [0.05, 0.1) is 12.2 Å². The number of benzene rings is 1. The molecule has 3 nitrogen and oxygen atoms in total. The average Bonchev–Trinajstić information content (AvgIpc) is 2.84. The van der Waals surface area contributed by atoms with Crippen LogP contribution in [-0.2, 0) is 4.74 Å². The summed E-state index contributed by atoms with van der Waals surface area (Å²) in [5.41, 5.74) is 0.0884. The van der Waals surface area contributed by atoms with E-state index in [4.69, 9.17) is 9.47 Å². The van der Waals surface area contributed by atoms with Gasteiger partial charge in [-0.15, -0.1) is 0 Å². The van der Waals surface area contributed by atoms with Gasteiger partial charge in [-0.1, -0.05) is 25.1 Å². The first kappa shape index (κ1) is 12.9. The SMILES string of the molecule is CCN1CCC2(CC1)CC(Oc1ccccc1)CO2. The molecule has 2 aliphatic heterocycles. The summed E-state index contributed by atoms with van der Waals surface area (Å²) < 4.78 is 12.1. The van der Waals surface area contributed by atoms with Crippen molar-refractivity contribution in [2.75, 3.05) is 26.2 Å². The van der Waals surface area contributed by atoms with Crippen LogP contribution in [-0.4, -0.2) is 42.8 Å². The van der Waals surface area contributed by atoms with Crippen molar-refractivity contribution in [3.05, 3.63) is 30.3 Å². The van der Waals surface area contributed by atoms with E-state index in [0.717, 1.165) is 51.3 Å². The second-order valence-electron chi connectivity index (χ2n) is 5.69. The van der Waals surface area contributed by atoms with Crippen LogP contribution in [0.3, 0.4) is 0 Å². The minimum atomic E-state index is 0.0884. The van der Waals surface area contributed by atoms with Gasteiger partial charge in [-0.25, -0.2) is 0 Å². The Labute approximate surface area is 115 Å². The molecule has 3 rings (SSSR count). The summed E-state index contributed by atoms with van der Waals surface area (Å²) in [5, 5.41) is 0. The first-order valence-corrected chi connectivity index (χ1v) is 7.38. The number of para-hydroxylation sites is 1. The molecule has 1 unspecified atom stereocenters. The van der Waals surface area contributed by atoms with Crippen molar-refractivity contribution in [1.82, 2.24) is 4.90 Å². The fraction of sp³-hybridized carbons (Fsp3) is 0.625. The number of rotatable bonds is 3. The second kappa shape index (κ2) is 5.51. The molecule has 19 heavy (non-hydrogen) atoms. The summed E-state index contributed by atoms with van der Waals surface area (Å²) in [6.07, 6.45) is 3.56. The molecule has 1 atom stereocenters. The van der Waals surface area contributed by atoms with Gasteiger partial charge in [-0.2, -0.15) is 0 Å². The van der Waals surface area contributed by atoms with Crippen molar-refractivity contribution in [2.24, 2.45) is 0 Å². The van der Waals surface area contributed by atoms with Crippen LogP contribution >= 0.6 is 0 Å². The van der Waals surface area contributed by atoms with Crippen molar-refractivity contribution in [3.8, 4) is 5.75 Å². The Morgan fingerprint density at radius 2 is 2.00 bits per heavy atom. The van der Waals surface area contributed by atoms with Gasteiger partial charge in [-0.05, 0) is 31.5 Å². The number of hydrogen-bond donors (Lipinski definition) is 0. The third kappa shape index (κ3) is 2.93. The third-order valence-electron chi connectivity index (χ3n) is 4.44. The highest BCUT2D eigenvalue weighted by molar-refractivity contribution is 5.21. The van der Waals surface area contributed by atoms with Crippen LogP contribution in [0, 0.1) is 0 Å². The lowest BCUT2D eigenvalue weighted by molar-refractivity contribution is -0.0431. The molecule has 2 aliphatic rings. The van der Waals surface area contributed by atoms with E-state index < -0.39 is 0 Å². The molecule has 3 heteroatoms. The van der Waals surface area contributed by atoms with E-state index in [2.05, 4.69) is 11.8 Å². The molecule has 0 saturated carbocycles. The third-order valence-corrected chi connectivity index (χ3v) is 4.44. The van der Waals surface area contributed by atoms with Gasteiger partial charge in [0.25, 0.3) is 0 Å². The Hall–Kier alpha value is -1.06. The Morgan fingerprint density at radius 1 is 1.26 bits per heavy atom. The van der Waals surface area contributed by atoms with Gasteiger partial charge in [0.1, 0.15) is 11.9 Å². The summed E-state index contributed by atoms with van der Waals surface area (Å²) in [4.78, 5) is 2.50. The highest BCUT2D eigenvalue weighted by Gasteiger charge is 2.43. The van der Waals surface area contributed by atoms with E-state index in [1.807, 2.05) is 30.3 Å². The first-order valence-electron chi connectivity index (χ1n) is 7.38. The second-order valence-corrected chi connectivity index (χ2v) is 5.69. The topological polar surface area (TPSA) is 21.7 Å². The molecule has 2 saturated heterocycles. The predicted octanol–water partition coefficient (Wildman–Crippen LogP) is 2.71. The minimum Gasteiger partial charge on any atom is -0.488 e. The number of likely N-dealkylation sites (tertiary alicyclic amines) is 1. The summed E-state index contributed by atoms with van der Waals surface area (Å²) in [7, 11) is 0. The fourth-order valence-corrected chi connectivity index (χ4v) is 3.19. The van der Waals surface area contributed by atoms with Crippen molar-refractivity contribution >= 4 is 0 Å². The maximum absolute atomic E-state index is 6.11. The zero-order valence-electron chi connectivity index (χ0n) is 11.7. The molecule has 1 aromatic rings. The zero-order valence-corrected chi connectivity index (χ0v) is 11.7. The van der Waals surface area contributed by atoms with E-state index in [9.17, 15) is 0 Å². The highest BCUT2D eigenvalue weighted by atomic mass is 16.6. The molecule has 104 valence electrons. The van der Waals surface area contributed by atoms with E-state index in [1.165, 1.54) is 0 Å². The van der Waals surface area contributed by atoms with Gasteiger partial charge in [0.2, 0.25) is 0 Å². The van der Waals surface area contributed by atoms with Gasteiger partial charge >= 0.3 is 0 Å². The molecule has 0 amide bonds. The molecule has 1 spiro atoms. The molecular weight excluding hydrogens is 238 g/mol. The van der Waals surface area contributed by atoms with Crippen LogP contribution in [0.4, 0.5) is 0 Å². The first-order chi connectivity index (χ1) is 9.30. The number of hydrogen-bond acceptors (Lipinski definition) is 3. The molecule has 1 aromatic carbocycles. The average molecular weight is 261 g/mol. The normalized spacial score (nSPS) is 26.7. The van der Waals surface area contributed by atoms with Crippen LogP contribution in [0.1, 0.15) is 26.2 Å². The standard InChI is InChI=1S/C16H23NO2/c1-2-17-10-8-16(9-11-17)12-15(13-18-16)19-14-6-4-3-5-7-14/h3-7,15H,2,8-13H2,1H3. The van der Waals surface area contributed by atoms with Crippen LogP contribution in [0.15, 0.2) is 30.3 Å². The molecule has 0 bridgehead atoms. The minimum absolute atomic E-state index is 0.0884. The number of nitrogens with zero attached hydrogens (tertiary/aromatic N) is 1. The summed E-state index contributed by atoms with van der Waals surface area (Å²) >= 11 is 0. The van der Waals surface area contributed by atoms with E-state index in [0.29, 0.717) is 0 Å². The number of piperidine rings is 1. The summed E-state index contributed by atoms with van der Waals surface area (Å²) in [6, 6.07) is 10.1. The maximum atomic E-state index is 6.11. The quantitative estimate of drug-likeness (QED) is 0.835. The fourth-order valence-electron chi connectivity index (χ4n) is 3.19. The highest BCUT2D eigenvalue weighted by Crippen LogP contribution is 2.37. The molecule has 0 N–H and O–H groups in total. The predicted molar refractivity (Wildman–Crippen MR) is 75.5 cm³/mol. The number of ether oxygens (including phenoxy) is 2. The molecule has 0 aliphatic carbocycles. The van der Waals surface area contributed by atoms with Crippen LogP contribution in [0.5, 0.6) is 5.75 Å². The molecular formula is C16H23NO2. The summed E-state index contributed by atoms with van der Waals surface area (Å²) in [6.45, 7) is 6.44. The van der Waals surface area contributed by atoms with Gasteiger partial charge in [0, 0.05) is 19.5 Å². The molecule has 0 aromatic heterocycles. The maximum Gasteiger partial charge on any atom is 0.125 e. The van der Waals surface area contributed by atoms with E-state index in [-0.39, 0.29) is 11.7 Å².